The Morgan fingerprint density at radius 1 is 1.31 bits per heavy atom. The molecule has 0 aromatic heterocycles. The van der Waals surface area contributed by atoms with Crippen molar-refractivity contribution < 1.29 is 24.9 Å². The molecule has 2 aliphatic rings. The quantitative estimate of drug-likeness (QED) is 0.519. The number of nitrogens with zero attached hydrogens (tertiary/aromatic N) is 1. The maximum Gasteiger partial charge on any atom is 0.241 e. The van der Waals surface area contributed by atoms with Crippen LogP contribution in [0.15, 0.2) is 11.8 Å². The van der Waals surface area contributed by atoms with Gasteiger partial charge < -0.3 is 25.4 Å². The number of amides is 1. The number of aliphatic hydroxyl groups excluding tert-OH is 3. The van der Waals surface area contributed by atoms with Crippen LogP contribution in [0.25, 0.3) is 0 Å². The minimum absolute atomic E-state index is 0.128. The highest BCUT2D eigenvalue weighted by molar-refractivity contribution is 7.99. The van der Waals surface area contributed by atoms with Crippen LogP contribution in [0.2, 0.25) is 0 Å². The Balaban J connectivity index is 2.05. The van der Waals surface area contributed by atoms with Gasteiger partial charge in [-0.25, -0.2) is 0 Å². The predicted octanol–water partition coefficient (Wildman–Crippen LogP) is 0.297. The molecule has 2 heterocycles. The molecule has 0 bridgehead atoms. The number of ether oxygens (including phenoxy) is 1. The van der Waals surface area contributed by atoms with Gasteiger partial charge in [-0.05, 0) is 39.0 Å². The third-order valence-corrected chi connectivity index (χ3v) is 6.18. The first-order valence-corrected chi connectivity index (χ1v) is 10.5. The number of hydrogen-bond donors (Lipinski definition) is 4. The van der Waals surface area contributed by atoms with Gasteiger partial charge in [0, 0.05) is 12.2 Å². The van der Waals surface area contributed by atoms with Gasteiger partial charge in [0.25, 0.3) is 0 Å². The molecule has 0 unspecified atom stereocenters. The van der Waals surface area contributed by atoms with Crippen molar-refractivity contribution in [2.75, 3.05) is 19.8 Å². The molecule has 26 heavy (non-hydrogen) atoms. The zero-order valence-corrected chi connectivity index (χ0v) is 16.8. The molecule has 2 fully saturated rings. The fourth-order valence-corrected chi connectivity index (χ4v) is 4.53. The summed E-state index contributed by atoms with van der Waals surface area (Å²) in [5.74, 6) is 0.389. The Kier molecular flexibility index (Phi) is 7.93. The number of rotatable bonds is 6. The number of likely N-dealkylation sites (tertiary alicyclic amines) is 1. The Bertz CT molecular complexity index is 516. The fourth-order valence-electron chi connectivity index (χ4n) is 3.86. The number of aliphatic hydroxyl groups is 3. The molecule has 0 aromatic rings. The van der Waals surface area contributed by atoms with Crippen LogP contribution in [-0.2, 0) is 9.53 Å². The van der Waals surface area contributed by atoms with Crippen molar-refractivity contribution >= 4 is 17.7 Å². The fraction of sp³-hybridized carbons (Fsp3) is 0.833. The molecule has 1 amide bonds. The molecule has 2 aliphatic heterocycles. The van der Waals surface area contributed by atoms with Crippen LogP contribution in [0.3, 0.4) is 0 Å². The van der Waals surface area contributed by atoms with E-state index in [1.807, 2.05) is 7.05 Å². The molecule has 0 radical (unpaired) electrons. The molecule has 8 heteroatoms. The summed E-state index contributed by atoms with van der Waals surface area (Å²) in [4.78, 5) is 14.8. The van der Waals surface area contributed by atoms with Crippen LogP contribution < -0.4 is 5.32 Å². The number of nitrogens with one attached hydrogen (secondary N) is 1. The second-order valence-electron chi connectivity index (χ2n) is 7.21. The van der Waals surface area contributed by atoms with E-state index < -0.39 is 29.9 Å². The van der Waals surface area contributed by atoms with E-state index in [2.05, 4.69) is 17.1 Å². The monoisotopic (exact) mass is 388 g/mol. The lowest BCUT2D eigenvalue weighted by Gasteiger charge is -2.41. The smallest absolute Gasteiger partial charge is 0.241 e. The van der Waals surface area contributed by atoms with Crippen molar-refractivity contribution in [2.24, 2.45) is 5.92 Å². The predicted molar refractivity (Wildman–Crippen MR) is 102 cm³/mol. The molecule has 0 aromatic carbocycles. The lowest BCUT2D eigenvalue weighted by atomic mass is 9.97. The molecule has 4 N–H and O–H groups in total. The number of carbonyl (C=O) groups is 1. The lowest BCUT2D eigenvalue weighted by molar-refractivity contribution is -0.188. The van der Waals surface area contributed by atoms with Crippen molar-refractivity contribution in [3.8, 4) is 0 Å². The first kappa shape index (κ1) is 21.7. The van der Waals surface area contributed by atoms with Crippen LogP contribution in [0, 0.1) is 5.92 Å². The van der Waals surface area contributed by atoms with Crippen LogP contribution in [0.4, 0.5) is 0 Å². The normalized spacial score (nSPS) is 39.2. The SMILES string of the molecule is C/C=C(/NC(=O)[C@@H]1C[C@@H](CCC)CN1C)[C@H]1O[C@H](SC)[C@H](O)[C@@H](O)[C@H]1O. The Labute approximate surface area is 159 Å². The van der Waals surface area contributed by atoms with E-state index in [-0.39, 0.29) is 11.9 Å². The van der Waals surface area contributed by atoms with Crippen LogP contribution in [0.5, 0.6) is 0 Å². The summed E-state index contributed by atoms with van der Waals surface area (Å²) in [6, 6.07) is -0.214. The number of allylic oxidation sites excluding steroid dienone is 1. The van der Waals surface area contributed by atoms with Crippen LogP contribution in [-0.4, -0.2) is 81.9 Å². The second-order valence-corrected chi connectivity index (χ2v) is 8.15. The summed E-state index contributed by atoms with van der Waals surface area (Å²) in [5, 5.41) is 33.3. The number of likely N-dealkylation sites (N-methyl/N-ethyl adjacent to an activating group) is 1. The van der Waals surface area contributed by atoms with E-state index >= 15 is 0 Å². The van der Waals surface area contributed by atoms with Crippen LogP contribution in [0.1, 0.15) is 33.1 Å². The Hall–Kier alpha value is -0.640. The molecule has 2 rings (SSSR count). The van der Waals surface area contributed by atoms with Gasteiger partial charge in [-0.3, -0.25) is 9.69 Å². The Morgan fingerprint density at radius 2 is 2.00 bits per heavy atom. The average molecular weight is 389 g/mol. The third-order valence-electron chi connectivity index (χ3n) is 5.32. The highest BCUT2D eigenvalue weighted by Crippen LogP contribution is 2.30. The minimum Gasteiger partial charge on any atom is -0.387 e. The highest BCUT2D eigenvalue weighted by atomic mass is 32.2. The van der Waals surface area contributed by atoms with Gasteiger partial charge >= 0.3 is 0 Å². The molecule has 2 saturated heterocycles. The molecule has 0 saturated carbocycles. The number of carbonyl (C=O) groups excluding carboxylic acids is 1. The maximum atomic E-state index is 12.8. The van der Waals surface area contributed by atoms with E-state index in [9.17, 15) is 20.1 Å². The van der Waals surface area contributed by atoms with Crippen molar-refractivity contribution in [2.45, 2.75) is 69.0 Å². The second kappa shape index (κ2) is 9.52. The van der Waals surface area contributed by atoms with Gasteiger partial charge in [-0.15, -0.1) is 11.8 Å². The summed E-state index contributed by atoms with van der Waals surface area (Å²) in [6.45, 7) is 4.80. The topological polar surface area (TPSA) is 102 Å². The minimum atomic E-state index is -1.33. The standard InChI is InChI=1S/C18H32N2O5S/c1-5-7-10-8-12(20(3)9-10)17(24)19-11(6-2)16-14(22)13(21)15(23)18(25-16)26-4/h6,10,12-16,18,21-23H,5,7-9H2,1-4H3,(H,19,24)/b11-6+/t10-,12+,13+,14-,15-,16-,18-/m1/s1. The van der Waals surface area contributed by atoms with Gasteiger partial charge in [-0.1, -0.05) is 19.4 Å². The molecule has 0 aliphatic carbocycles. The van der Waals surface area contributed by atoms with Gasteiger partial charge in [-0.2, -0.15) is 0 Å². The molecule has 150 valence electrons. The first-order chi connectivity index (χ1) is 12.3. The van der Waals surface area contributed by atoms with Gasteiger partial charge in [0.05, 0.1) is 6.04 Å². The van der Waals surface area contributed by atoms with Gasteiger partial charge in [0.1, 0.15) is 29.9 Å². The van der Waals surface area contributed by atoms with E-state index in [1.165, 1.54) is 11.8 Å². The van der Waals surface area contributed by atoms with E-state index in [0.29, 0.717) is 11.6 Å². The molecular formula is C18H32N2O5S. The van der Waals surface area contributed by atoms with Gasteiger partial charge in [0.15, 0.2) is 0 Å². The summed E-state index contributed by atoms with van der Waals surface area (Å²) in [6.07, 6.45) is 1.74. The van der Waals surface area contributed by atoms with Crippen molar-refractivity contribution in [3.63, 3.8) is 0 Å². The summed E-state index contributed by atoms with van der Waals surface area (Å²) in [7, 11) is 1.95. The first-order valence-electron chi connectivity index (χ1n) is 9.23. The molecule has 7 nitrogen and oxygen atoms in total. The molecule has 0 spiro atoms. The third kappa shape index (κ3) is 4.61. The molecule has 7 atom stereocenters. The maximum absolute atomic E-state index is 12.8. The summed E-state index contributed by atoms with van der Waals surface area (Å²) < 4.78 is 5.74. The Morgan fingerprint density at radius 3 is 2.58 bits per heavy atom. The average Bonchev–Trinajstić information content (AvgIpc) is 2.99. The van der Waals surface area contributed by atoms with Crippen LogP contribution >= 0.6 is 11.8 Å². The summed E-state index contributed by atoms with van der Waals surface area (Å²) >= 11 is 1.25. The highest BCUT2D eigenvalue weighted by Gasteiger charge is 2.45. The zero-order valence-electron chi connectivity index (χ0n) is 16.0. The molecular weight excluding hydrogens is 356 g/mol. The van der Waals surface area contributed by atoms with Crippen molar-refractivity contribution in [1.29, 1.82) is 0 Å². The zero-order chi connectivity index (χ0) is 19.4. The number of hydrogen-bond acceptors (Lipinski definition) is 7. The lowest BCUT2D eigenvalue weighted by Crippen LogP contribution is -2.58. The van der Waals surface area contributed by atoms with Crippen molar-refractivity contribution in [3.05, 3.63) is 11.8 Å². The van der Waals surface area contributed by atoms with Crippen molar-refractivity contribution in [1.82, 2.24) is 10.2 Å². The summed E-state index contributed by atoms with van der Waals surface area (Å²) in [5.41, 5.74) is -0.256. The van der Waals surface area contributed by atoms with E-state index in [0.717, 1.165) is 25.8 Å². The largest absolute Gasteiger partial charge is 0.387 e. The van der Waals surface area contributed by atoms with E-state index in [1.54, 1.807) is 19.3 Å². The number of thioether (sulfide) groups is 1. The van der Waals surface area contributed by atoms with E-state index in [4.69, 9.17) is 4.74 Å². The van der Waals surface area contributed by atoms with Gasteiger partial charge in [0.2, 0.25) is 5.91 Å².